The first kappa shape index (κ1) is 14.7. The van der Waals surface area contributed by atoms with Gasteiger partial charge in [0.25, 0.3) is 0 Å². The molecule has 0 amide bonds. The van der Waals surface area contributed by atoms with Gasteiger partial charge in [-0.3, -0.25) is 9.69 Å². The SMILES string of the molecule is CCCC[C@H]1C[C@@H](C(=O)C(C)C)N(C(C)C)C1. The van der Waals surface area contributed by atoms with Gasteiger partial charge < -0.3 is 0 Å². The fourth-order valence-electron chi connectivity index (χ4n) is 2.89. The molecule has 1 aliphatic rings. The van der Waals surface area contributed by atoms with Crippen molar-refractivity contribution in [3.05, 3.63) is 0 Å². The van der Waals surface area contributed by atoms with E-state index in [9.17, 15) is 4.79 Å². The van der Waals surface area contributed by atoms with Crippen LogP contribution >= 0.6 is 0 Å². The van der Waals surface area contributed by atoms with Gasteiger partial charge in [0.05, 0.1) is 6.04 Å². The average molecular weight is 239 g/mol. The molecular formula is C15H29NO. The number of carbonyl (C=O) groups excluding carboxylic acids is 1. The summed E-state index contributed by atoms with van der Waals surface area (Å²) in [5.41, 5.74) is 0. The first-order valence-corrected chi connectivity index (χ1v) is 7.26. The standard InChI is InChI=1S/C15H29NO/c1-6-7-8-13-9-14(15(17)11(2)3)16(10-13)12(4)5/h11-14H,6-10H2,1-5H3/t13-,14-/m0/s1. The first-order valence-electron chi connectivity index (χ1n) is 7.26. The van der Waals surface area contributed by atoms with Crippen LogP contribution in [0.25, 0.3) is 0 Å². The van der Waals surface area contributed by atoms with Crippen LogP contribution in [0.3, 0.4) is 0 Å². The Balaban J connectivity index is 2.64. The van der Waals surface area contributed by atoms with Crippen LogP contribution in [0.1, 0.15) is 60.3 Å². The number of likely N-dealkylation sites (tertiary alicyclic amines) is 1. The monoisotopic (exact) mass is 239 g/mol. The van der Waals surface area contributed by atoms with E-state index in [1.165, 1.54) is 19.3 Å². The van der Waals surface area contributed by atoms with Crippen LogP contribution in [-0.2, 0) is 4.79 Å². The Morgan fingerprint density at radius 2 is 1.94 bits per heavy atom. The minimum atomic E-state index is 0.172. The molecule has 1 heterocycles. The lowest BCUT2D eigenvalue weighted by Gasteiger charge is -2.28. The maximum Gasteiger partial charge on any atom is 0.152 e. The number of hydrogen-bond acceptors (Lipinski definition) is 2. The Labute approximate surface area is 107 Å². The van der Waals surface area contributed by atoms with Gasteiger partial charge in [-0.1, -0.05) is 33.6 Å². The Morgan fingerprint density at radius 3 is 2.41 bits per heavy atom. The van der Waals surface area contributed by atoms with Crippen molar-refractivity contribution in [3.63, 3.8) is 0 Å². The number of hydrogen-bond donors (Lipinski definition) is 0. The maximum atomic E-state index is 12.2. The van der Waals surface area contributed by atoms with Crippen LogP contribution in [0.4, 0.5) is 0 Å². The third-order valence-electron chi connectivity index (χ3n) is 3.95. The second-order valence-corrected chi connectivity index (χ2v) is 6.11. The molecule has 2 atom stereocenters. The fourth-order valence-corrected chi connectivity index (χ4v) is 2.89. The molecule has 0 bridgehead atoms. The van der Waals surface area contributed by atoms with Crippen molar-refractivity contribution in [2.45, 2.75) is 72.4 Å². The van der Waals surface area contributed by atoms with E-state index in [4.69, 9.17) is 0 Å². The van der Waals surface area contributed by atoms with Crippen molar-refractivity contribution < 1.29 is 4.79 Å². The van der Waals surface area contributed by atoms with E-state index in [1.54, 1.807) is 0 Å². The summed E-state index contributed by atoms with van der Waals surface area (Å²) in [4.78, 5) is 14.7. The van der Waals surface area contributed by atoms with Gasteiger partial charge in [0.1, 0.15) is 0 Å². The molecule has 100 valence electrons. The third-order valence-corrected chi connectivity index (χ3v) is 3.95. The van der Waals surface area contributed by atoms with Crippen LogP contribution in [0, 0.1) is 11.8 Å². The van der Waals surface area contributed by atoms with Crippen molar-refractivity contribution in [1.82, 2.24) is 4.90 Å². The highest BCUT2D eigenvalue weighted by Gasteiger charge is 2.37. The highest BCUT2D eigenvalue weighted by molar-refractivity contribution is 5.86. The number of Topliss-reactive ketones (excluding diaryl/α,β-unsaturated/α-hetero) is 1. The van der Waals surface area contributed by atoms with E-state index in [1.807, 2.05) is 13.8 Å². The van der Waals surface area contributed by atoms with Crippen molar-refractivity contribution in [3.8, 4) is 0 Å². The largest absolute Gasteiger partial charge is 0.298 e. The van der Waals surface area contributed by atoms with E-state index < -0.39 is 0 Å². The highest BCUT2D eigenvalue weighted by Crippen LogP contribution is 2.30. The summed E-state index contributed by atoms with van der Waals surface area (Å²) in [5, 5.41) is 0. The average Bonchev–Trinajstić information content (AvgIpc) is 2.69. The normalized spacial score (nSPS) is 26.1. The molecule has 0 unspecified atom stereocenters. The molecule has 2 nitrogen and oxygen atoms in total. The van der Waals surface area contributed by atoms with Gasteiger partial charge in [-0.05, 0) is 32.6 Å². The number of nitrogens with zero attached hydrogens (tertiary/aromatic N) is 1. The van der Waals surface area contributed by atoms with Crippen LogP contribution < -0.4 is 0 Å². The quantitative estimate of drug-likeness (QED) is 0.707. The molecule has 2 heteroatoms. The lowest BCUT2D eigenvalue weighted by Crippen LogP contribution is -2.42. The summed E-state index contributed by atoms with van der Waals surface area (Å²) in [6.07, 6.45) is 4.96. The molecule has 1 rings (SSSR count). The fraction of sp³-hybridized carbons (Fsp3) is 0.933. The van der Waals surface area contributed by atoms with Gasteiger partial charge >= 0.3 is 0 Å². The molecular weight excluding hydrogens is 210 g/mol. The van der Waals surface area contributed by atoms with Gasteiger partial charge in [0, 0.05) is 18.5 Å². The molecule has 0 N–H and O–H groups in total. The van der Waals surface area contributed by atoms with Crippen molar-refractivity contribution >= 4 is 5.78 Å². The Bertz CT molecular complexity index is 247. The van der Waals surface area contributed by atoms with Gasteiger partial charge in [0.15, 0.2) is 5.78 Å². The summed E-state index contributed by atoms with van der Waals surface area (Å²) in [6, 6.07) is 0.686. The van der Waals surface area contributed by atoms with E-state index in [0.717, 1.165) is 18.9 Å². The molecule has 0 radical (unpaired) electrons. The van der Waals surface area contributed by atoms with Crippen LogP contribution in [0.5, 0.6) is 0 Å². The van der Waals surface area contributed by atoms with Crippen LogP contribution in [0.2, 0.25) is 0 Å². The van der Waals surface area contributed by atoms with Gasteiger partial charge in [-0.2, -0.15) is 0 Å². The Hall–Kier alpha value is -0.370. The summed E-state index contributed by atoms with van der Waals surface area (Å²) >= 11 is 0. The molecule has 0 aromatic heterocycles. The zero-order valence-corrected chi connectivity index (χ0v) is 12.2. The van der Waals surface area contributed by atoms with E-state index in [0.29, 0.717) is 11.8 Å². The molecule has 0 aromatic rings. The summed E-state index contributed by atoms with van der Waals surface area (Å²) < 4.78 is 0. The van der Waals surface area contributed by atoms with E-state index in [-0.39, 0.29) is 12.0 Å². The Morgan fingerprint density at radius 1 is 1.29 bits per heavy atom. The zero-order valence-electron chi connectivity index (χ0n) is 12.2. The second-order valence-electron chi connectivity index (χ2n) is 6.11. The molecule has 1 aliphatic heterocycles. The van der Waals surface area contributed by atoms with Crippen molar-refractivity contribution in [2.24, 2.45) is 11.8 Å². The molecule has 1 saturated heterocycles. The van der Waals surface area contributed by atoms with Gasteiger partial charge in [0.2, 0.25) is 0 Å². The summed E-state index contributed by atoms with van der Waals surface area (Å²) in [6.45, 7) is 11.8. The van der Waals surface area contributed by atoms with Crippen LogP contribution in [0.15, 0.2) is 0 Å². The van der Waals surface area contributed by atoms with Crippen molar-refractivity contribution in [1.29, 1.82) is 0 Å². The van der Waals surface area contributed by atoms with E-state index in [2.05, 4.69) is 25.7 Å². The predicted octanol–water partition coefficient (Wildman–Crippen LogP) is 3.50. The minimum Gasteiger partial charge on any atom is -0.298 e. The predicted molar refractivity (Wildman–Crippen MR) is 73.1 cm³/mol. The lowest BCUT2D eigenvalue weighted by molar-refractivity contribution is -0.126. The Kier molecular flexibility index (Phi) is 5.64. The third kappa shape index (κ3) is 3.80. The number of carbonyl (C=O) groups is 1. The topological polar surface area (TPSA) is 20.3 Å². The second kappa shape index (κ2) is 6.53. The minimum absolute atomic E-state index is 0.172. The number of unbranched alkanes of at least 4 members (excludes halogenated alkanes) is 1. The van der Waals surface area contributed by atoms with Crippen molar-refractivity contribution in [2.75, 3.05) is 6.54 Å². The molecule has 0 spiro atoms. The van der Waals surface area contributed by atoms with Gasteiger partial charge in [-0.15, -0.1) is 0 Å². The smallest absolute Gasteiger partial charge is 0.152 e. The molecule has 1 fully saturated rings. The first-order chi connectivity index (χ1) is 7.97. The summed E-state index contributed by atoms with van der Waals surface area (Å²) in [7, 11) is 0. The molecule has 0 aromatic carbocycles. The molecule has 0 aliphatic carbocycles. The summed E-state index contributed by atoms with van der Waals surface area (Å²) in [5.74, 6) is 1.36. The number of ketones is 1. The lowest BCUT2D eigenvalue weighted by atomic mass is 9.94. The zero-order chi connectivity index (χ0) is 13.0. The van der Waals surface area contributed by atoms with Gasteiger partial charge in [-0.25, -0.2) is 0 Å². The maximum absolute atomic E-state index is 12.2. The van der Waals surface area contributed by atoms with Crippen LogP contribution in [-0.4, -0.2) is 29.3 Å². The number of rotatable bonds is 6. The highest BCUT2D eigenvalue weighted by atomic mass is 16.1. The van der Waals surface area contributed by atoms with E-state index >= 15 is 0 Å². The molecule has 0 saturated carbocycles. The molecule has 17 heavy (non-hydrogen) atoms.